The smallest absolute Gasteiger partial charge is 0.446 e. The summed E-state index contributed by atoms with van der Waals surface area (Å²) < 4.78 is 17.0. The first-order valence-corrected chi connectivity index (χ1v) is 9.09. The van der Waals surface area contributed by atoms with Crippen molar-refractivity contribution in [3.05, 3.63) is 29.5 Å². The molecule has 1 aromatic carbocycles. The number of amidine groups is 1. The highest BCUT2D eigenvalue weighted by Gasteiger charge is 2.50. The van der Waals surface area contributed by atoms with Gasteiger partial charge in [0.05, 0.1) is 34.1 Å². The van der Waals surface area contributed by atoms with Gasteiger partial charge in [-0.2, -0.15) is 9.48 Å². The number of nitrogens with zero attached hydrogens (tertiary/aromatic N) is 3. The lowest BCUT2D eigenvalue weighted by atomic mass is 9.96. The van der Waals surface area contributed by atoms with E-state index in [2.05, 4.69) is 10.3 Å². The summed E-state index contributed by atoms with van der Waals surface area (Å²) >= 11 is 0. The normalized spacial score (nSPS) is 18.4. The van der Waals surface area contributed by atoms with E-state index in [-0.39, 0.29) is 5.84 Å². The Morgan fingerprint density at radius 1 is 1.20 bits per heavy atom. The fourth-order valence-corrected chi connectivity index (χ4v) is 3.35. The lowest BCUT2D eigenvalue weighted by Gasteiger charge is -2.28. The molecular formula is C20H23N4O6+. The Kier molecular flexibility index (Phi) is 5.86. The maximum Gasteiger partial charge on any atom is 0.446 e. The summed E-state index contributed by atoms with van der Waals surface area (Å²) in [5, 5.41) is 2.66. The zero-order valence-electron chi connectivity index (χ0n) is 17.4. The van der Waals surface area contributed by atoms with Crippen LogP contribution in [0.15, 0.2) is 34.5 Å². The van der Waals surface area contributed by atoms with Crippen LogP contribution in [0.4, 0.5) is 10.5 Å². The van der Waals surface area contributed by atoms with Crippen LogP contribution in [0.25, 0.3) is 0 Å². The van der Waals surface area contributed by atoms with E-state index in [1.54, 1.807) is 31.3 Å². The highest BCUT2D eigenvalue weighted by molar-refractivity contribution is 6.17. The second kappa shape index (κ2) is 8.36. The number of dihydropyridines is 1. The third kappa shape index (κ3) is 3.63. The molecule has 1 atom stereocenters. The molecule has 3 rings (SSSR count). The Morgan fingerprint density at radius 3 is 2.57 bits per heavy atom. The molecule has 0 fully saturated rings. The predicted molar refractivity (Wildman–Crippen MR) is 108 cm³/mol. The summed E-state index contributed by atoms with van der Waals surface area (Å²) in [6, 6.07) is 4.26. The van der Waals surface area contributed by atoms with Crippen molar-refractivity contribution in [1.29, 1.82) is 0 Å². The predicted octanol–water partition coefficient (Wildman–Crippen LogP) is 1.27. The fraction of sp³-hybridized carbons (Fsp3) is 0.350. The monoisotopic (exact) mass is 415 g/mol. The largest absolute Gasteiger partial charge is 0.499 e. The average molecular weight is 415 g/mol. The van der Waals surface area contributed by atoms with Gasteiger partial charge in [0.1, 0.15) is 23.5 Å². The van der Waals surface area contributed by atoms with Crippen molar-refractivity contribution in [3.63, 3.8) is 0 Å². The first kappa shape index (κ1) is 21.0. The van der Waals surface area contributed by atoms with E-state index < -0.39 is 30.3 Å². The summed E-state index contributed by atoms with van der Waals surface area (Å²) in [6.07, 6.45) is 1.54. The first-order chi connectivity index (χ1) is 14.3. The van der Waals surface area contributed by atoms with Gasteiger partial charge >= 0.3 is 11.9 Å². The Labute approximate surface area is 173 Å². The molecule has 10 nitrogen and oxygen atoms in total. The van der Waals surface area contributed by atoms with Crippen LogP contribution in [0, 0.1) is 5.92 Å². The number of hydrogen-bond donors (Lipinski definition) is 1. The summed E-state index contributed by atoms with van der Waals surface area (Å²) in [5.74, 6) is -0.451. The van der Waals surface area contributed by atoms with Crippen LogP contribution in [0.1, 0.15) is 6.92 Å². The zero-order chi connectivity index (χ0) is 22.0. The van der Waals surface area contributed by atoms with Gasteiger partial charge in [0.25, 0.3) is 11.7 Å². The average Bonchev–Trinajstić information content (AvgIpc) is 2.74. The summed E-state index contributed by atoms with van der Waals surface area (Å²) in [7, 11) is 5.91. The van der Waals surface area contributed by atoms with Gasteiger partial charge in [-0.05, 0) is 19.1 Å². The Hall–Kier alpha value is -3.69. The minimum atomic E-state index is -0.887. The Bertz CT molecular complexity index is 1010. The van der Waals surface area contributed by atoms with Gasteiger partial charge in [0, 0.05) is 11.6 Å². The molecule has 2 aliphatic rings. The third-order valence-corrected chi connectivity index (χ3v) is 4.88. The van der Waals surface area contributed by atoms with Crippen molar-refractivity contribution < 1.29 is 33.2 Å². The SMILES string of the molecule is COC1=C(C)C=NC2=[N+](C)C(=O)N(CC(=O)Nc3cc(OC)ccc3OC)C(=O)C12. The Morgan fingerprint density at radius 2 is 1.93 bits per heavy atom. The van der Waals surface area contributed by atoms with Gasteiger partial charge in [0.2, 0.25) is 0 Å². The molecule has 0 aromatic heterocycles. The van der Waals surface area contributed by atoms with E-state index in [0.717, 1.165) is 4.90 Å². The highest BCUT2D eigenvalue weighted by atomic mass is 16.5. The first-order valence-electron chi connectivity index (χ1n) is 9.09. The van der Waals surface area contributed by atoms with Crippen molar-refractivity contribution in [2.75, 3.05) is 40.2 Å². The van der Waals surface area contributed by atoms with Crippen LogP contribution in [-0.4, -0.2) is 74.3 Å². The van der Waals surface area contributed by atoms with Gasteiger partial charge in [-0.15, -0.1) is 4.99 Å². The van der Waals surface area contributed by atoms with Gasteiger partial charge in [-0.1, -0.05) is 0 Å². The topological polar surface area (TPSA) is 110 Å². The van der Waals surface area contributed by atoms with Gasteiger partial charge in [-0.25, -0.2) is 4.79 Å². The number of fused-ring (bicyclic) bond motifs is 1. The number of rotatable bonds is 6. The minimum absolute atomic E-state index is 0.263. The number of carbonyl (C=O) groups excluding carboxylic acids is 3. The molecule has 0 spiro atoms. The van der Waals surface area contributed by atoms with E-state index >= 15 is 0 Å². The number of amides is 4. The number of nitrogens with one attached hydrogen (secondary N) is 1. The van der Waals surface area contributed by atoms with Crippen molar-refractivity contribution in [3.8, 4) is 11.5 Å². The van der Waals surface area contributed by atoms with Gasteiger partial charge in [-0.3, -0.25) is 9.59 Å². The maximum absolute atomic E-state index is 13.1. The summed E-state index contributed by atoms with van der Waals surface area (Å²) in [5.41, 5.74) is 1.03. The number of methoxy groups -OCH3 is 3. The van der Waals surface area contributed by atoms with Crippen molar-refractivity contribution in [1.82, 2.24) is 4.90 Å². The number of urea groups is 1. The number of benzene rings is 1. The molecule has 1 aromatic rings. The molecule has 0 radical (unpaired) electrons. The number of hydrogen-bond acceptors (Lipinski definition) is 7. The lowest BCUT2D eigenvalue weighted by Crippen LogP contribution is -2.56. The fourth-order valence-electron chi connectivity index (χ4n) is 3.35. The number of allylic oxidation sites excluding steroid dienone is 1. The number of aliphatic imine (C=N–C) groups is 1. The van der Waals surface area contributed by atoms with E-state index in [4.69, 9.17) is 14.2 Å². The molecular weight excluding hydrogens is 392 g/mol. The van der Waals surface area contributed by atoms with Crippen LogP contribution < -0.4 is 14.8 Å². The van der Waals surface area contributed by atoms with E-state index in [1.165, 1.54) is 33.0 Å². The molecule has 158 valence electrons. The molecule has 1 N–H and O–H groups in total. The molecule has 10 heteroatoms. The molecule has 2 heterocycles. The zero-order valence-corrected chi connectivity index (χ0v) is 17.4. The van der Waals surface area contributed by atoms with Crippen LogP contribution >= 0.6 is 0 Å². The molecule has 0 saturated heterocycles. The summed E-state index contributed by atoms with van der Waals surface area (Å²) in [4.78, 5) is 43.6. The lowest BCUT2D eigenvalue weighted by molar-refractivity contribution is -0.408. The van der Waals surface area contributed by atoms with E-state index in [0.29, 0.717) is 28.5 Å². The Balaban J connectivity index is 1.86. The molecule has 30 heavy (non-hydrogen) atoms. The molecule has 0 bridgehead atoms. The summed E-state index contributed by atoms with van der Waals surface area (Å²) in [6.45, 7) is 1.28. The standard InChI is InChI=1S/C20H22N4O6/c1-11-9-21-18-16(17(11)30-5)19(26)24(20(27)23(18)2)10-15(25)22-13-8-12(28-3)6-7-14(13)29-4/h6-9,16H,10H2,1-5H3/p+1. The van der Waals surface area contributed by atoms with Crippen LogP contribution in [0.2, 0.25) is 0 Å². The van der Waals surface area contributed by atoms with Crippen molar-refractivity contribution in [2.24, 2.45) is 10.9 Å². The highest BCUT2D eigenvalue weighted by Crippen LogP contribution is 2.30. The van der Waals surface area contributed by atoms with Crippen LogP contribution in [-0.2, 0) is 14.3 Å². The maximum atomic E-state index is 13.1. The van der Waals surface area contributed by atoms with Gasteiger partial charge < -0.3 is 19.5 Å². The minimum Gasteiger partial charge on any atom is -0.499 e. The quantitative estimate of drug-likeness (QED) is 0.701. The van der Waals surface area contributed by atoms with E-state index in [1.807, 2.05) is 0 Å². The number of anilines is 1. The molecule has 1 unspecified atom stereocenters. The second-order valence-corrected chi connectivity index (χ2v) is 6.68. The second-order valence-electron chi connectivity index (χ2n) is 6.68. The number of carbonyl (C=O) groups is 3. The molecule has 2 aliphatic heterocycles. The number of imide groups is 1. The number of ether oxygens (including phenoxy) is 3. The molecule has 0 aliphatic carbocycles. The van der Waals surface area contributed by atoms with Crippen LogP contribution in [0.5, 0.6) is 11.5 Å². The van der Waals surface area contributed by atoms with Crippen molar-refractivity contribution >= 4 is 35.6 Å². The molecule has 4 amide bonds. The van der Waals surface area contributed by atoms with Gasteiger partial charge in [0.15, 0.2) is 12.5 Å². The van der Waals surface area contributed by atoms with Crippen molar-refractivity contribution in [2.45, 2.75) is 6.92 Å². The van der Waals surface area contributed by atoms with Crippen LogP contribution in [0.3, 0.4) is 0 Å². The molecule has 0 saturated carbocycles. The van der Waals surface area contributed by atoms with E-state index in [9.17, 15) is 14.4 Å². The third-order valence-electron chi connectivity index (χ3n) is 4.88.